The number of aliphatic carboxylic acids is 1. The summed E-state index contributed by atoms with van der Waals surface area (Å²) in [6, 6.07) is 11.4. The highest BCUT2D eigenvalue weighted by atomic mass is 19.2. The normalized spacial score (nSPS) is 18.9. The lowest BCUT2D eigenvalue weighted by Gasteiger charge is -2.38. The van der Waals surface area contributed by atoms with Crippen molar-refractivity contribution in [3.63, 3.8) is 0 Å². The molecule has 0 spiro atoms. The number of benzene rings is 2. The molecular formula is C30H35F3N2O3. The van der Waals surface area contributed by atoms with E-state index in [0.29, 0.717) is 48.2 Å². The van der Waals surface area contributed by atoms with Gasteiger partial charge in [0.15, 0.2) is 11.6 Å². The molecule has 3 atom stereocenters. The maximum atomic E-state index is 15.5. The number of carbonyl (C=O) groups is 1. The number of aryl methyl sites for hydroxylation is 1. The van der Waals surface area contributed by atoms with Gasteiger partial charge in [0.1, 0.15) is 11.9 Å². The number of ether oxygens (including phenoxy) is 1. The van der Waals surface area contributed by atoms with E-state index in [1.54, 1.807) is 37.6 Å². The number of hydrogen-bond donors (Lipinski definition) is 1. The number of hydrogen-bond acceptors (Lipinski definition) is 4. The molecule has 4 rings (SSSR count). The molecule has 2 aromatic carbocycles. The van der Waals surface area contributed by atoms with Crippen molar-refractivity contribution < 1.29 is 27.8 Å². The molecule has 0 bridgehead atoms. The summed E-state index contributed by atoms with van der Waals surface area (Å²) in [5.41, 5.74) is 1.67. The van der Waals surface area contributed by atoms with Crippen LogP contribution in [-0.2, 0) is 11.2 Å². The van der Waals surface area contributed by atoms with Crippen LogP contribution in [0.25, 0.3) is 10.9 Å². The minimum absolute atomic E-state index is 0.0524. The van der Waals surface area contributed by atoms with Crippen molar-refractivity contribution >= 4 is 16.9 Å². The molecule has 1 N–H and O–H groups in total. The average molecular weight is 529 g/mol. The fourth-order valence-corrected chi connectivity index (χ4v) is 5.65. The number of rotatable bonds is 12. The molecule has 2 heterocycles. The number of carboxylic acid groups (broad SMARTS) is 1. The minimum Gasteiger partial charge on any atom is -0.497 e. The number of halogens is 3. The van der Waals surface area contributed by atoms with Crippen LogP contribution in [0, 0.1) is 23.5 Å². The van der Waals surface area contributed by atoms with Gasteiger partial charge in [0, 0.05) is 24.5 Å². The van der Waals surface area contributed by atoms with Crippen molar-refractivity contribution in [2.75, 3.05) is 26.7 Å². The third kappa shape index (κ3) is 7.04. The number of carboxylic acids is 1. The second kappa shape index (κ2) is 13.1. The van der Waals surface area contributed by atoms with E-state index in [4.69, 9.17) is 4.74 Å². The Hall–Kier alpha value is -3.13. The van der Waals surface area contributed by atoms with E-state index in [1.165, 1.54) is 6.07 Å². The average Bonchev–Trinajstić information content (AvgIpc) is 2.91. The second-order valence-electron chi connectivity index (χ2n) is 10.2. The van der Waals surface area contributed by atoms with Gasteiger partial charge in [0.05, 0.1) is 12.6 Å². The Balaban J connectivity index is 1.31. The van der Waals surface area contributed by atoms with Crippen LogP contribution in [0.5, 0.6) is 5.75 Å². The van der Waals surface area contributed by atoms with Crippen LogP contribution >= 0.6 is 0 Å². The molecule has 38 heavy (non-hydrogen) atoms. The van der Waals surface area contributed by atoms with E-state index in [1.807, 2.05) is 6.07 Å². The van der Waals surface area contributed by atoms with Crippen LogP contribution in [-0.4, -0.2) is 47.7 Å². The molecule has 1 aromatic heterocycles. The highest BCUT2D eigenvalue weighted by molar-refractivity contribution is 5.83. The highest BCUT2D eigenvalue weighted by Crippen LogP contribution is 2.36. The predicted molar refractivity (Wildman–Crippen MR) is 141 cm³/mol. The maximum Gasteiger partial charge on any atom is 0.303 e. The van der Waals surface area contributed by atoms with E-state index in [-0.39, 0.29) is 18.3 Å². The summed E-state index contributed by atoms with van der Waals surface area (Å²) in [7, 11) is 1.57. The third-order valence-corrected chi connectivity index (χ3v) is 7.73. The molecule has 5 nitrogen and oxygen atoms in total. The zero-order valence-electron chi connectivity index (χ0n) is 21.7. The summed E-state index contributed by atoms with van der Waals surface area (Å²) >= 11 is 0. The Morgan fingerprint density at radius 2 is 2.03 bits per heavy atom. The molecule has 3 aromatic rings. The number of pyridine rings is 1. The van der Waals surface area contributed by atoms with E-state index in [9.17, 15) is 18.7 Å². The smallest absolute Gasteiger partial charge is 0.303 e. The van der Waals surface area contributed by atoms with Crippen molar-refractivity contribution in [2.24, 2.45) is 11.8 Å². The van der Waals surface area contributed by atoms with Gasteiger partial charge < -0.3 is 14.7 Å². The molecule has 1 aliphatic heterocycles. The number of unbranched alkanes of at least 4 members (excludes halogenated alkanes) is 1. The van der Waals surface area contributed by atoms with E-state index in [2.05, 4.69) is 9.88 Å². The van der Waals surface area contributed by atoms with Crippen LogP contribution in [0.15, 0.2) is 48.7 Å². The fraction of sp³-hybridized carbons (Fsp3) is 0.467. The third-order valence-electron chi connectivity index (χ3n) is 7.73. The van der Waals surface area contributed by atoms with E-state index in [0.717, 1.165) is 43.8 Å². The van der Waals surface area contributed by atoms with Crippen LogP contribution in [0.3, 0.4) is 0 Å². The summed E-state index contributed by atoms with van der Waals surface area (Å²) in [6.07, 6.45) is 4.23. The largest absolute Gasteiger partial charge is 0.497 e. The first-order valence-corrected chi connectivity index (χ1v) is 13.3. The molecule has 0 saturated carbocycles. The Bertz CT molecular complexity index is 1240. The zero-order chi connectivity index (χ0) is 27.1. The number of likely N-dealkylation sites (tertiary alicyclic amines) is 1. The molecule has 8 heteroatoms. The van der Waals surface area contributed by atoms with Gasteiger partial charge in [-0.1, -0.05) is 12.1 Å². The van der Waals surface area contributed by atoms with Crippen molar-refractivity contribution in [2.45, 2.75) is 51.1 Å². The zero-order valence-corrected chi connectivity index (χ0v) is 21.7. The summed E-state index contributed by atoms with van der Waals surface area (Å²) in [4.78, 5) is 18.2. The number of nitrogens with zero attached hydrogens (tertiary/aromatic N) is 2. The van der Waals surface area contributed by atoms with Gasteiger partial charge >= 0.3 is 5.97 Å². The predicted octanol–water partition coefficient (Wildman–Crippen LogP) is 6.75. The van der Waals surface area contributed by atoms with E-state index < -0.39 is 23.8 Å². The lowest BCUT2D eigenvalue weighted by molar-refractivity contribution is -0.139. The molecular weight excluding hydrogens is 493 g/mol. The highest BCUT2D eigenvalue weighted by Gasteiger charge is 2.31. The van der Waals surface area contributed by atoms with Gasteiger partial charge in [-0.3, -0.25) is 9.78 Å². The Morgan fingerprint density at radius 1 is 1.18 bits per heavy atom. The van der Waals surface area contributed by atoms with Gasteiger partial charge in [-0.25, -0.2) is 13.2 Å². The molecule has 0 radical (unpaired) electrons. The summed E-state index contributed by atoms with van der Waals surface area (Å²) in [5.74, 6) is -1.72. The summed E-state index contributed by atoms with van der Waals surface area (Å²) in [5, 5.41) is 10.2. The molecule has 0 aliphatic carbocycles. The quantitative estimate of drug-likeness (QED) is 0.264. The fourth-order valence-electron chi connectivity index (χ4n) is 5.65. The van der Waals surface area contributed by atoms with E-state index >= 15 is 4.39 Å². The van der Waals surface area contributed by atoms with Crippen LogP contribution in [0.4, 0.5) is 13.2 Å². The monoisotopic (exact) mass is 528 g/mol. The minimum atomic E-state index is -1.18. The number of piperidine rings is 1. The Morgan fingerprint density at radius 3 is 2.82 bits per heavy atom. The molecule has 1 aliphatic rings. The van der Waals surface area contributed by atoms with Crippen molar-refractivity contribution in [1.82, 2.24) is 9.88 Å². The van der Waals surface area contributed by atoms with Gasteiger partial charge in [0.25, 0.3) is 0 Å². The first-order chi connectivity index (χ1) is 18.4. The number of methoxy groups -OCH3 is 1. The van der Waals surface area contributed by atoms with Crippen molar-refractivity contribution in [3.8, 4) is 5.75 Å². The molecule has 1 saturated heterocycles. The number of fused-ring (bicyclic) bond motifs is 1. The van der Waals surface area contributed by atoms with Crippen molar-refractivity contribution in [3.05, 3.63) is 71.4 Å². The number of aromatic nitrogens is 1. The lowest BCUT2D eigenvalue weighted by Crippen LogP contribution is -2.41. The maximum absolute atomic E-state index is 15.5. The SMILES string of the molecule is COc1ccc2nccc(C(F)CC[C@@H]3CCN(CCCCc4cccc(F)c4F)C[C@@H]3CC(=O)O)c2c1. The standard InChI is InChI=1S/C30H35F3N2O3/c1-38-23-9-11-28-25(18-23)24(12-14-34-28)26(31)10-8-20-13-16-35(19-22(20)17-29(36)37)15-3-2-5-21-6-4-7-27(32)30(21)33/h4,6-7,9,11-12,14,18,20,22,26H,2-3,5,8,10,13,15-17,19H2,1H3,(H,36,37)/t20-,22+,26?/m1/s1. The van der Waals surface area contributed by atoms with Crippen molar-refractivity contribution in [1.29, 1.82) is 0 Å². The lowest BCUT2D eigenvalue weighted by atomic mass is 9.79. The Kier molecular flexibility index (Phi) is 9.61. The molecule has 1 unspecified atom stereocenters. The number of alkyl halides is 1. The Labute approximate surface area is 221 Å². The molecule has 0 amide bonds. The van der Waals surface area contributed by atoms with Gasteiger partial charge in [-0.15, -0.1) is 0 Å². The topological polar surface area (TPSA) is 62.7 Å². The molecule has 204 valence electrons. The van der Waals surface area contributed by atoms with Crippen LogP contribution in [0.1, 0.15) is 55.8 Å². The van der Waals surface area contributed by atoms with Gasteiger partial charge in [0.2, 0.25) is 0 Å². The van der Waals surface area contributed by atoms with Crippen LogP contribution < -0.4 is 4.74 Å². The summed E-state index contributed by atoms with van der Waals surface area (Å²) < 4.78 is 48.1. The van der Waals surface area contributed by atoms with Gasteiger partial charge in [-0.05, 0) is 105 Å². The van der Waals surface area contributed by atoms with Crippen LogP contribution in [0.2, 0.25) is 0 Å². The second-order valence-corrected chi connectivity index (χ2v) is 10.2. The van der Waals surface area contributed by atoms with Gasteiger partial charge in [-0.2, -0.15) is 0 Å². The first kappa shape index (κ1) is 27.9. The summed E-state index contributed by atoms with van der Waals surface area (Å²) in [6.45, 7) is 2.25. The first-order valence-electron chi connectivity index (χ1n) is 13.3. The molecule has 1 fully saturated rings.